The van der Waals surface area contributed by atoms with E-state index in [0.717, 1.165) is 39.3 Å². The van der Waals surface area contributed by atoms with E-state index in [1.54, 1.807) is 4.90 Å². The highest BCUT2D eigenvalue weighted by Gasteiger charge is 2.47. The van der Waals surface area contributed by atoms with E-state index in [-0.39, 0.29) is 36.1 Å². The van der Waals surface area contributed by atoms with Crippen molar-refractivity contribution in [2.24, 2.45) is 0 Å². The highest BCUT2D eigenvalue weighted by molar-refractivity contribution is 7.91. The highest BCUT2D eigenvalue weighted by Crippen LogP contribution is 2.27. The fraction of sp³-hybridized carbons (Fsp3) is 0.938. The van der Waals surface area contributed by atoms with Gasteiger partial charge in [-0.15, -0.1) is 0 Å². The molecule has 9 heteroatoms. The summed E-state index contributed by atoms with van der Waals surface area (Å²) in [7, 11) is -3.12. The zero-order valence-corrected chi connectivity index (χ0v) is 15.5. The smallest absolute Gasteiger partial charge is 0.222 e. The maximum Gasteiger partial charge on any atom is 0.222 e. The minimum Gasteiger partial charge on any atom is -0.395 e. The Labute approximate surface area is 149 Å². The minimum absolute atomic E-state index is 0.0107. The molecule has 0 spiro atoms. The third kappa shape index (κ3) is 4.71. The molecule has 3 heterocycles. The van der Waals surface area contributed by atoms with Gasteiger partial charge in [0.25, 0.3) is 0 Å². The number of sulfone groups is 1. The normalized spacial score (nSPS) is 30.4. The molecule has 3 aliphatic rings. The summed E-state index contributed by atoms with van der Waals surface area (Å²) in [5.74, 6) is 0.202. The number of hydrogen-bond donors (Lipinski definition) is 1. The Morgan fingerprint density at radius 2 is 1.76 bits per heavy atom. The Hall–Kier alpha value is -0.740. The third-order valence-electron chi connectivity index (χ3n) is 5.47. The van der Waals surface area contributed by atoms with E-state index in [4.69, 9.17) is 4.74 Å². The van der Waals surface area contributed by atoms with Crippen LogP contribution in [-0.4, -0.2) is 117 Å². The SMILES string of the molecule is O=C(CCCN1CCOCC1)N1CCN(CCO)[C@H]2CS(=O)(=O)C[C@H]21. The zero-order chi connectivity index (χ0) is 17.9. The summed E-state index contributed by atoms with van der Waals surface area (Å²) in [6.07, 6.45) is 1.25. The third-order valence-corrected chi connectivity index (χ3v) is 7.17. The van der Waals surface area contributed by atoms with E-state index in [1.807, 2.05) is 4.90 Å². The van der Waals surface area contributed by atoms with Crippen molar-refractivity contribution in [1.82, 2.24) is 14.7 Å². The molecule has 0 unspecified atom stereocenters. The van der Waals surface area contributed by atoms with Crippen molar-refractivity contribution in [2.45, 2.75) is 24.9 Å². The van der Waals surface area contributed by atoms with Crippen molar-refractivity contribution >= 4 is 15.7 Å². The lowest BCUT2D eigenvalue weighted by atomic mass is 10.0. The number of carbonyl (C=O) groups is 1. The number of hydrogen-bond acceptors (Lipinski definition) is 7. The largest absolute Gasteiger partial charge is 0.395 e. The Bertz CT molecular complexity index is 564. The molecule has 0 aliphatic carbocycles. The monoisotopic (exact) mass is 375 g/mol. The number of ether oxygens (including phenoxy) is 1. The van der Waals surface area contributed by atoms with Crippen molar-refractivity contribution in [2.75, 3.05) is 70.6 Å². The van der Waals surface area contributed by atoms with Crippen molar-refractivity contribution < 1.29 is 23.1 Å². The molecule has 8 nitrogen and oxygen atoms in total. The van der Waals surface area contributed by atoms with Gasteiger partial charge in [0.2, 0.25) is 5.91 Å². The van der Waals surface area contributed by atoms with E-state index in [2.05, 4.69) is 4.90 Å². The topological polar surface area (TPSA) is 90.4 Å². The number of aliphatic hydroxyl groups is 1. The zero-order valence-electron chi connectivity index (χ0n) is 14.7. The van der Waals surface area contributed by atoms with E-state index >= 15 is 0 Å². The summed E-state index contributed by atoms with van der Waals surface area (Å²) in [5.41, 5.74) is 0. The molecule has 3 aliphatic heterocycles. The van der Waals surface area contributed by atoms with Gasteiger partial charge in [-0.25, -0.2) is 8.42 Å². The average Bonchev–Trinajstić information content (AvgIpc) is 2.91. The fourth-order valence-electron chi connectivity index (χ4n) is 4.16. The molecule has 1 N–H and O–H groups in total. The van der Waals surface area contributed by atoms with Crippen LogP contribution in [0.1, 0.15) is 12.8 Å². The average molecular weight is 375 g/mol. The fourth-order valence-corrected chi connectivity index (χ4v) is 6.17. The molecule has 3 saturated heterocycles. The van der Waals surface area contributed by atoms with Crippen LogP contribution in [0, 0.1) is 0 Å². The van der Waals surface area contributed by atoms with Crippen molar-refractivity contribution in [3.63, 3.8) is 0 Å². The van der Waals surface area contributed by atoms with Crippen LogP contribution in [0.3, 0.4) is 0 Å². The second-order valence-electron chi connectivity index (χ2n) is 7.12. The summed E-state index contributed by atoms with van der Waals surface area (Å²) in [6, 6.07) is -0.435. The summed E-state index contributed by atoms with van der Waals surface area (Å²) in [4.78, 5) is 18.8. The second-order valence-corrected chi connectivity index (χ2v) is 9.27. The molecule has 0 bridgehead atoms. The van der Waals surface area contributed by atoms with Gasteiger partial charge < -0.3 is 14.7 Å². The first-order valence-corrected chi connectivity index (χ1v) is 11.0. The van der Waals surface area contributed by atoms with Crippen LogP contribution in [0.25, 0.3) is 0 Å². The van der Waals surface area contributed by atoms with E-state index in [9.17, 15) is 18.3 Å². The van der Waals surface area contributed by atoms with Crippen LogP contribution >= 0.6 is 0 Å². The minimum atomic E-state index is -3.12. The Kier molecular flexibility index (Phi) is 6.32. The number of morpholine rings is 1. The van der Waals surface area contributed by atoms with Crippen LogP contribution in [-0.2, 0) is 19.4 Å². The lowest BCUT2D eigenvalue weighted by Crippen LogP contribution is -2.61. The van der Waals surface area contributed by atoms with Gasteiger partial charge in [0.15, 0.2) is 9.84 Å². The van der Waals surface area contributed by atoms with E-state index in [1.165, 1.54) is 0 Å². The Morgan fingerprint density at radius 1 is 1.04 bits per heavy atom. The summed E-state index contributed by atoms with van der Waals surface area (Å²) in [5, 5.41) is 9.20. The first-order valence-electron chi connectivity index (χ1n) is 9.15. The standard InChI is InChI=1S/C16H29N3O5S/c20-9-6-18-4-5-19(15-13-25(22,23)12-14(15)18)16(21)2-1-3-17-7-10-24-11-8-17/h14-15,20H,1-13H2/t14-,15+/m0/s1. The molecule has 3 rings (SSSR count). The number of rotatable bonds is 6. The second kappa shape index (κ2) is 8.30. The van der Waals surface area contributed by atoms with Crippen LogP contribution in [0.4, 0.5) is 0 Å². The van der Waals surface area contributed by atoms with Crippen LogP contribution < -0.4 is 0 Å². The van der Waals surface area contributed by atoms with Gasteiger partial charge >= 0.3 is 0 Å². The first kappa shape index (κ1) is 19.0. The number of carbonyl (C=O) groups excluding carboxylic acids is 1. The van der Waals surface area contributed by atoms with E-state index < -0.39 is 9.84 Å². The first-order chi connectivity index (χ1) is 12.0. The molecule has 0 aromatic carbocycles. The molecule has 144 valence electrons. The number of nitrogens with zero attached hydrogens (tertiary/aromatic N) is 3. The molecule has 1 amide bonds. The van der Waals surface area contributed by atoms with E-state index in [0.29, 0.717) is 26.1 Å². The number of aliphatic hydroxyl groups excluding tert-OH is 1. The lowest BCUT2D eigenvalue weighted by Gasteiger charge is -2.43. The van der Waals surface area contributed by atoms with Gasteiger partial charge in [-0.3, -0.25) is 14.6 Å². The highest BCUT2D eigenvalue weighted by atomic mass is 32.2. The van der Waals surface area contributed by atoms with Crippen LogP contribution in [0.5, 0.6) is 0 Å². The number of piperazine rings is 1. The molecule has 25 heavy (non-hydrogen) atoms. The molecule has 0 aromatic rings. The molecular weight excluding hydrogens is 346 g/mol. The maximum absolute atomic E-state index is 12.7. The number of fused-ring (bicyclic) bond motifs is 1. The Morgan fingerprint density at radius 3 is 2.48 bits per heavy atom. The van der Waals surface area contributed by atoms with Gasteiger partial charge in [-0.2, -0.15) is 0 Å². The number of β-amino-alcohol motifs (C(OH)–C–C–N with tert-alkyl or cyclic N) is 1. The predicted octanol–water partition coefficient (Wildman–Crippen LogP) is -1.60. The molecular formula is C16H29N3O5S. The van der Waals surface area contributed by atoms with Crippen molar-refractivity contribution in [3.05, 3.63) is 0 Å². The quantitative estimate of drug-likeness (QED) is 0.598. The Balaban J connectivity index is 1.54. The molecule has 3 fully saturated rings. The van der Waals surface area contributed by atoms with Gasteiger partial charge in [-0.1, -0.05) is 0 Å². The molecule has 0 radical (unpaired) electrons. The summed E-state index contributed by atoms with van der Waals surface area (Å²) in [6.45, 7) is 5.87. The predicted molar refractivity (Wildman–Crippen MR) is 93.1 cm³/mol. The lowest BCUT2D eigenvalue weighted by molar-refractivity contribution is -0.137. The van der Waals surface area contributed by atoms with Crippen molar-refractivity contribution in [3.8, 4) is 0 Å². The van der Waals surface area contributed by atoms with Gasteiger partial charge in [0, 0.05) is 45.2 Å². The van der Waals surface area contributed by atoms with Crippen LogP contribution in [0.2, 0.25) is 0 Å². The van der Waals surface area contributed by atoms with Gasteiger partial charge in [0.1, 0.15) is 0 Å². The van der Waals surface area contributed by atoms with Gasteiger partial charge in [-0.05, 0) is 13.0 Å². The molecule has 2 atom stereocenters. The maximum atomic E-state index is 12.7. The number of amides is 1. The molecule has 0 saturated carbocycles. The molecule has 0 aromatic heterocycles. The van der Waals surface area contributed by atoms with Gasteiger partial charge in [0.05, 0.1) is 37.4 Å². The van der Waals surface area contributed by atoms with Crippen LogP contribution in [0.15, 0.2) is 0 Å². The van der Waals surface area contributed by atoms with Crippen molar-refractivity contribution in [1.29, 1.82) is 0 Å². The summed E-state index contributed by atoms with van der Waals surface area (Å²) < 4.78 is 29.5. The summed E-state index contributed by atoms with van der Waals surface area (Å²) >= 11 is 0.